The Balaban J connectivity index is 1.65. The molecule has 7 nitrogen and oxygen atoms in total. The lowest BCUT2D eigenvalue weighted by Gasteiger charge is -2.29. The SMILES string of the molecule is CC1=C2[C@H]3OC(=O)[C@]4(CC[C@@H]5O[C@@]5(C)C[C@]2(O)OC1=O)O[C@H]34. The van der Waals surface area contributed by atoms with E-state index in [0.29, 0.717) is 18.4 Å². The van der Waals surface area contributed by atoms with Crippen molar-refractivity contribution in [2.24, 2.45) is 0 Å². The van der Waals surface area contributed by atoms with Crippen LogP contribution in [0.5, 0.6) is 0 Å². The summed E-state index contributed by atoms with van der Waals surface area (Å²) >= 11 is 0. The van der Waals surface area contributed by atoms with Gasteiger partial charge in [-0.2, -0.15) is 0 Å². The molecule has 4 fully saturated rings. The molecule has 3 saturated heterocycles. The number of fused-ring (bicyclic) bond motifs is 3. The highest BCUT2D eigenvalue weighted by Crippen LogP contribution is 2.59. The van der Waals surface area contributed by atoms with E-state index < -0.39 is 41.1 Å². The second-order valence-electron chi connectivity index (χ2n) is 7.10. The number of ether oxygens (including phenoxy) is 4. The van der Waals surface area contributed by atoms with E-state index in [1.807, 2.05) is 6.92 Å². The first-order valence-corrected chi connectivity index (χ1v) is 7.53. The molecule has 0 spiro atoms. The number of esters is 2. The van der Waals surface area contributed by atoms with Gasteiger partial charge < -0.3 is 24.1 Å². The van der Waals surface area contributed by atoms with Gasteiger partial charge in [-0.1, -0.05) is 0 Å². The number of hydrogen-bond acceptors (Lipinski definition) is 7. The van der Waals surface area contributed by atoms with Gasteiger partial charge in [-0.15, -0.1) is 0 Å². The van der Waals surface area contributed by atoms with Crippen molar-refractivity contribution in [1.29, 1.82) is 0 Å². The van der Waals surface area contributed by atoms with E-state index >= 15 is 0 Å². The molecule has 6 atom stereocenters. The van der Waals surface area contributed by atoms with Gasteiger partial charge in [0, 0.05) is 12.0 Å². The first-order valence-electron chi connectivity index (χ1n) is 7.53. The number of hydrogen-bond donors (Lipinski definition) is 1. The molecular weight excluding hydrogens is 292 g/mol. The zero-order valence-electron chi connectivity index (χ0n) is 12.3. The van der Waals surface area contributed by atoms with Crippen LogP contribution >= 0.6 is 0 Å². The molecule has 118 valence electrons. The molecule has 0 aromatic heterocycles. The van der Waals surface area contributed by atoms with Crippen molar-refractivity contribution in [2.75, 3.05) is 0 Å². The van der Waals surface area contributed by atoms with Crippen molar-refractivity contribution in [2.45, 2.75) is 68.4 Å². The lowest BCUT2D eigenvalue weighted by molar-refractivity contribution is -0.192. The van der Waals surface area contributed by atoms with Gasteiger partial charge in [0.25, 0.3) is 0 Å². The molecule has 0 unspecified atom stereocenters. The predicted octanol–water partition coefficient (Wildman–Crippen LogP) is -0.0473. The average molecular weight is 308 g/mol. The minimum atomic E-state index is -1.80. The van der Waals surface area contributed by atoms with Crippen molar-refractivity contribution in [3.63, 3.8) is 0 Å². The van der Waals surface area contributed by atoms with Crippen LogP contribution in [0.15, 0.2) is 11.1 Å². The molecular formula is C15H16O7. The third kappa shape index (κ3) is 1.33. The Kier molecular flexibility index (Phi) is 2.01. The van der Waals surface area contributed by atoms with Gasteiger partial charge in [-0.3, -0.25) is 0 Å². The van der Waals surface area contributed by atoms with Crippen LogP contribution in [0, 0.1) is 0 Å². The summed E-state index contributed by atoms with van der Waals surface area (Å²) in [7, 11) is 0. The Hall–Kier alpha value is -1.44. The maximum atomic E-state index is 12.2. The normalized spacial score (nSPS) is 55.0. The maximum Gasteiger partial charge on any atom is 0.342 e. The average Bonchev–Trinajstić information content (AvgIpc) is 3.25. The first-order chi connectivity index (χ1) is 10.3. The van der Waals surface area contributed by atoms with E-state index in [-0.39, 0.29) is 18.1 Å². The molecule has 0 aromatic rings. The Morgan fingerprint density at radius 3 is 2.77 bits per heavy atom. The zero-order chi connectivity index (χ0) is 15.5. The Morgan fingerprint density at radius 2 is 2.05 bits per heavy atom. The van der Waals surface area contributed by atoms with E-state index in [4.69, 9.17) is 18.9 Å². The highest BCUT2D eigenvalue weighted by Gasteiger charge is 2.77. The van der Waals surface area contributed by atoms with Crippen molar-refractivity contribution < 1.29 is 33.6 Å². The molecule has 7 heteroatoms. The van der Waals surface area contributed by atoms with Gasteiger partial charge in [-0.25, -0.2) is 9.59 Å². The summed E-state index contributed by atoms with van der Waals surface area (Å²) in [5.41, 5.74) is -0.902. The van der Waals surface area contributed by atoms with Crippen molar-refractivity contribution in [3.05, 3.63) is 11.1 Å². The fraction of sp³-hybridized carbons (Fsp3) is 0.733. The largest absolute Gasteiger partial charge is 0.452 e. The third-order valence-corrected chi connectivity index (χ3v) is 5.68. The highest BCUT2D eigenvalue weighted by atomic mass is 16.7. The molecule has 5 rings (SSSR count). The standard InChI is InChI=1S/C15H16O7/c1-6-8-9-10-14(21-10,12(17)19-9)4-3-7-13(2,20-7)5-15(8,18)22-11(6)16/h7,9-10,18H,3-5H2,1-2H3/t7-,9+,10+,13-,14+,15-/m0/s1. The predicted molar refractivity (Wildman–Crippen MR) is 68.4 cm³/mol. The molecule has 5 aliphatic rings. The van der Waals surface area contributed by atoms with Crippen LogP contribution in [0.1, 0.15) is 33.1 Å². The van der Waals surface area contributed by atoms with Crippen LogP contribution in [0.25, 0.3) is 0 Å². The summed E-state index contributed by atoms with van der Waals surface area (Å²) in [6.45, 7) is 3.45. The van der Waals surface area contributed by atoms with E-state index in [2.05, 4.69) is 0 Å². The van der Waals surface area contributed by atoms with E-state index in [0.717, 1.165) is 0 Å². The van der Waals surface area contributed by atoms with E-state index in [9.17, 15) is 14.7 Å². The number of aliphatic hydroxyl groups is 1. The van der Waals surface area contributed by atoms with Crippen LogP contribution in [-0.4, -0.2) is 52.3 Å². The molecule has 4 heterocycles. The highest BCUT2D eigenvalue weighted by molar-refractivity contribution is 5.94. The fourth-order valence-corrected chi connectivity index (χ4v) is 4.34. The van der Waals surface area contributed by atoms with Crippen LogP contribution < -0.4 is 0 Å². The summed E-state index contributed by atoms with van der Waals surface area (Å²) in [5.74, 6) is -2.81. The van der Waals surface area contributed by atoms with Gasteiger partial charge in [0.2, 0.25) is 5.79 Å². The van der Waals surface area contributed by atoms with Gasteiger partial charge in [0.1, 0.15) is 6.10 Å². The number of carbonyl (C=O) groups is 2. The van der Waals surface area contributed by atoms with E-state index in [1.165, 1.54) is 0 Å². The van der Waals surface area contributed by atoms with Crippen LogP contribution in [0.3, 0.4) is 0 Å². The summed E-state index contributed by atoms with van der Waals surface area (Å²) in [5, 5.41) is 10.9. The summed E-state index contributed by atoms with van der Waals surface area (Å²) < 4.78 is 22.0. The van der Waals surface area contributed by atoms with E-state index in [1.54, 1.807) is 6.92 Å². The summed E-state index contributed by atoms with van der Waals surface area (Å²) in [4.78, 5) is 24.2. The lowest BCUT2D eigenvalue weighted by atomic mass is 9.83. The van der Waals surface area contributed by atoms with Crippen molar-refractivity contribution >= 4 is 11.9 Å². The van der Waals surface area contributed by atoms with Gasteiger partial charge in [0.15, 0.2) is 11.7 Å². The molecule has 0 aromatic carbocycles. The monoisotopic (exact) mass is 308 g/mol. The summed E-state index contributed by atoms with van der Waals surface area (Å²) in [6, 6.07) is 0. The lowest BCUT2D eigenvalue weighted by Crippen LogP contribution is -2.42. The molecule has 0 amide bonds. The second-order valence-corrected chi connectivity index (χ2v) is 7.10. The Morgan fingerprint density at radius 1 is 1.27 bits per heavy atom. The van der Waals surface area contributed by atoms with Gasteiger partial charge in [0.05, 0.1) is 17.3 Å². The number of rotatable bonds is 0. The smallest absolute Gasteiger partial charge is 0.342 e. The molecule has 22 heavy (non-hydrogen) atoms. The van der Waals surface area contributed by atoms with Crippen LogP contribution in [0.4, 0.5) is 0 Å². The fourth-order valence-electron chi connectivity index (χ4n) is 4.34. The van der Waals surface area contributed by atoms with Crippen LogP contribution in [-0.2, 0) is 28.5 Å². The Bertz CT molecular complexity index is 669. The third-order valence-electron chi connectivity index (χ3n) is 5.68. The Labute approximate surface area is 126 Å². The minimum absolute atomic E-state index is 0.0819. The van der Waals surface area contributed by atoms with Crippen molar-refractivity contribution in [1.82, 2.24) is 0 Å². The first kappa shape index (κ1) is 13.0. The second kappa shape index (κ2) is 3.39. The maximum absolute atomic E-state index is 12.2. The summed E-state index contributed by atoms with van der Waals surface area (Å²) in [6.07, 6.45) is 0.0269. The van der Waals surface area contributed by atoms with Crippen molar-refractivity contribution in [3.8, 4) is 0 Å². The van der Waals surface area contributed by atoms with Crippen LogP contribution in [0.2, 0.25) is 0 Å². The molecule has 1 N–H and O–H groups in total. The number of carbonyl (C=O) groups excluding carboxylic acids is 2. The quantitative estimate of drug-likeness (QED) is 0.495. The molecule has 1 saturated carbocycles. The van der Waals surface area contributed by atoms with Gasteiger partial charge >= 0.3 is 11.9 Å². The molecule has 0 radical (unpaired) electrons. The molecule has 1 aliphatic carbocycles. The molecule has 2 bridgehead atoms. The zero-order valence-corrected chi connectivity index (χ0v) is 12.3. The minimum Gasteiger partial charge on any atom is -0.452 e. The van der Waals surface area contributed by atoms with Gasteiger partial charge in [-0.05, 0) is 26.7 Å². The topological polar surface area (TPSA) is 97.9 Å². The number of epoxide rings is 2. The molecule has 4 aliphatic heterocycles.